The predicted molar refractivity (Wildman–Crippen MR) is 58.0 cm³/mol. The van der Waals surface area contributed by atoms with Crippen molar-refractivity contribution >= 4 is 21.8 Å². The molecular formula is C8H13BrN4O2. The highest BCUT2D eigenvalue weighted by Crippen LogP contribution is 2.00. The first-order valence-electron chi connectivity index (χ1n) is 4.49. The average molecular weight is 277 g/mol. The van der Waals surface area contributed by atoms with Gasteiger partial charge in [0, 0.05) is 25.5 Å². The molecule has 1 amide bonds. The maximum absolute atomic E-state index is 11.8. The molecule has 0 aliphatic rings. The van der Waals surface area contributed by atoms with Crippen molar-refractivity contribution in [2.45, 2.75) is 0 Å². The SMILES string of the molecule is COCCN(CCBr)C(=O)c1cn[nH]n1. The number of nitrogens with one attached hydrogen (secondary N) is 1. The third kappa shape index (κ3) is 3.60. The van der Waals surface area contributed by atoms with Gasteiger partial charge in [-0.1, -0.05) is 15.9 Å². The van der Waals surface area contributed by atoms with Crippen molar-refractivity contribution in [3.8, 4) is 0 Å². The number of hydrogen-bond donors (Lipinski definition) is 1. The normalized spacial score (nSPS) is 10.3. The minimum atomic E-state index is -0.139. The topological polar surface area (TPSA) is 71.1 Å². The van der Waals surface area contributed by atoms with Gasteiger partial charge in [0.1, 0.15) is 0 Å². The van der Waals surface area contributed by atoms with Crippen molar-refractivity contribution in [1.82, 2.24) is 20.3 Å². The van der Waals surface area contributed by atoms with Gasteiger partial charge in [-0.15, -0.1) is 0 Å². The second-order valence-electron chi connectivity index (χ2n) is 2.83. The number of alkyl halides is 1. The van der Waals surface area contributed by atoms with Crippen molar-refractivity contribution in [2.24, 2.45) is 0 Å². The Bertz CT molecular complexity index is 291. The van der Waals surface area contributed by atoms with E-state index in [9.17, 15) is 4.79 Å². The van der Waals surface area contributed by atoms with Crippen LogP contribution in [0, 0.1) is 0 Å². The van der Waals surface area contributed by atoms with E-state index in [-0.39, 0.29) is 5.91 Å². The highest BCUT2D eigenvalue weighted by atomic mass is 79.9. The molecule has 6 nitrogen and oxygen atoms in total. The zero-order valence-corrected chi connectivity index (χ0v) is 10.0. The second-order valence-corrected chi connectivity index (χ2v) is 3.62. The number of aromatic amines is 1. The Morgan fingerprint density at radius 3 is 3.00 bits per heavy atom. The molecule has 0 radical (unpaired) electrons. The van der Waals surface area contributed by atoms with Crippen LogP contribution in [0.4, 0.5) is 0 Å². The average Bonchev–Trinajstić information content (AvgIpc) is 2.76. The van der Waals surface area contributed by atoms with Gasteiger partial charge < -0.3 is 9.64 Å². The van der Waals surface area contributed by atoms with Crippen LogP contribution in [0.2, 0.25) is 0 Å². The molecule has 1 heterocycles. The number of ether oxygens (including phenoxy) is 1. The van der Waals surface area contributed by atoms with Crippen molar-refractivity contribution < 1.29 is 9.53 Å². The van der Waals surface area contributed by atoms with Crippen LogP contribution in [0.25, 0.3) is 0 Å². The maximum atomic E-state index is 11.8. The third-order valence-electron chi connectivity index (χ3n) is 1.84. The second kappa shape index (κ2) is 6.52. The van der Waals surface area contributed by atoms with Crippen molar-refractivity contribution in [3.05, 3.63) is 11.9 Å². The van der Waals surface area contributed by atoms with E-state index in [4.69, 9.17) is 4.74 Å². The number of methoxy groups -OCH3 is 1. The molecular weight excluding hydrogens is 264 g/mol. The fourth-order valence-electron chi connectivity index (χ4n) is 1.09. The Kier molecular flexibility index (Phi) is 5.27. The summed E-state index contributed by atoms with van der Waals surface area (Å²) in [4.78, 5) is 13.5. The number of rotatable bonds is 6. The summed E-state index contributed by atoms with van der Waals surface area (Å²) >= 11 is 3.29. The summed E-state index contributed by atoms with van der Waals surface area (Å²) in [5.74, 6) is -0.139. The summed E-state index contributed by atoms with van der Waals surface area (Å²) in [5.41, 5.74) is 0.326. The van der Waals surface area contributed by atoms with E-state index in [0.717, 1.165) is 5.33 Å². The highest BCUT2D eigenvalue weighted by molar-refractivity contribution is 9.09. The number of aromatic nitrogens is 3. The van der Waals surface area contributed by atoms with Gasteiger partial charge >= 0.3 is 0 Å². The summed E-state index contributed by atoms with van der Waals surface area (Å²) in [5, 5.41) is 10.5. The van der Waals surface area contributed by atoms with Gasteiger partial charge in [0.05, 0.1) is 12.8 Å². The lowest BCUT2D eigenvalue weighted by Crippen LogP contribution is -2.35. The van der Waals surface area contributed by atoms with Crippen LogP contribution in [0.5, 0.6) is 0 Å². The van der Waals surface area contributed by atoms with Gasteiger partial charge in [0.15, 0.2) is 5.69 Å². The van der Waals surface area contributed by atoms with E-state index in [2.05, 4.69) is 31.3 Å². The molecule has 7 heteroatoms. The lowest BCUT2D eigenvalue weighted by atomic mass is 10.4. The monoisotopic (exact) mass is 276 g/mol. The zero-order valence-electron chi connectivity index (χ0n) is 8.44. The number of hydrogen-bond acceptors (Lipinski definition) is 4. The van der Waals surface area contributed by atoms with Gasteiger partial charge in [-0.2, -0.15) is 15.4 Å². The zero-order chi connectivity index (χ0) is 11.1. The first-order chi connectivity index (χ1) is 7.29. The van der Waals surface area contributed by atoms with Crippen LogP contribution in [0.3, 0.4) is 0 Å². The van der Waals surface area contributed by atoms with E-state index < -0.39 is 0 Å². The van der Waals surface area contributed by atoms with E-state index in [1.54, 1.807) is 12.0 Å². The molecule has 0 aliphatic carbocycles. The number of carbonyl (C=O) groups excluding carboxylic acids is 1. The van der Waals surface area contributed by atoms with Gasteiger partial charge in [-0.05, 0) is 0 Å². The van der Waals surface area contributed by atoms with Crippen LogP contribution in [-0.2, 0) is 4.74 Å². The van der Waals surface area contributed by atoms with Gasteiger partial charge in [-0.25, -0.2) is 0 Å². The maximum Gasteiger partial charge on any atom is 0.276 e. The smallest absolute Gasteiger partial charge is 0.276 e. The highest BCUT2D eigenvalue weighted by Gasteiger charge is 2.16. The molecule has 15 heavy (non-hydrogen) atoms. The molecule has 0 aliphatic heterocycles. The van der Waals surface area contributed by atoms with Crippen LogP contribution in [-0.4, -0.2) is 58.4 Å². The number of H-pyrrole nitrogens is 1. The molecule has 84 valence electrons. The molecule has 1 N–H and O–H groups in total. The van der Waals surface area contributed by atoms with Crippen LogP contribution in [0.1, 0.15) is 10.5 Å². The first kappa shape index (κ1) is 12.1. The Labute approximate surface area is 96.1 Å². The van der Waals surface area contributed by atoms with Crippen molar-refractivity contribution in [2.75, 3.05) is 32.1 Å². The molecule has 0 saturated carbocycles. The lowest BCUT2D eigenvalue weighted by molar-refractivity contribution is 0.0703. The molecule has 1 rings (SSSR count). The Morgan fingerprint density at radius 1 is 1.67 bits per heavy atom. The van der Waals surface area contributed by atoms with Crippen LogP contribution in [0.15, 0.2) is 6.20 Å². The Morgan fingerprint density at radius 2 is 2.47 bits per heavy atom. The van der Waals surface area contributed by atoms with Crippen molar-refractivity contribution in [3.63, 3.8) is 0 Å². The Hall–Kier alpha value is -0.950. The molecule has 0 unspecified atom stereocenters. The number of nitrogens with zero attached hydrogens (tertiary/aromatic N) is 3. The summed E-state index contributed by atoms with van der Waals surface area (Å²) in [6, 6.07) is 0. The molecule has 1 aromatic rings. The van der Waals surface area contributed by atoms with Gasteiger partial charge in [0.2, 0.25) is 0 Å². The van der Waals surface area contributed by atoms with Crippen LogP contribution >= 0.6 is 15.9 Å². The Balaban J connectivity index is 2.58. The quantitative estimate of drug-likeness (QED) is 0.759. The summed E-state index contributed by atoms with van der Waals surface area (Å²) in [6.07, 6.45) is 1.41. The number of carbonyl (C=O) groups is 1. The minimum Gasteiger partial charge on any atom is -0.383 e. The molecule has 0 atom stereocenters. The molecule has 0 spiro atoms. The minimum absolute atomic E-state index is 0.139. The fourth-order valence-corrected chi connectivity index (χ4v) is 1.51. The summed E-state index contributed by atoms with van der Waals surface area (Å²) in [7, 11) is 1.60. The van der Waals surface area contributed by atoms with E-state index in [1.165, 1.54) is 6.20 Å². The number of amides is 1. The number of halogens is 1. The molecule has 0 fully saturated rings. The molecule has 0 saturated heterocycles. The standard InChI is InChI=1S/C8H13BrN4O2/c1-15-5-4-13(3-2-9)8(14)7-6-10-12-11-7/h6H,2-5H2,1H3,(H,10,11,12). The summed E-state index contributed by atoms with van der Waals surface area (Å²) in [6.45, 7) is 1.68. The summed E-state index contributed by atoms with van der Waals surface area (Å²) < 4.78 is 4.93. The predicted octanol–water partition coefficient (Wildman–Crippen LogP) is 0.288. The fraction of sp³-hybridized carbons (Fsp3) is 0.625. The van der Waals surface area contributed by atoms with Gasteiger partial charge in [0.25, 0.3) is 5.91 Å². The lowest BCUT2D eigenvalue weighted by Gasteiger charge is -2.19. The van der Waals surface area contributed by atoms with Crippen LogP contribution < -0.4 is 0 Å². The molecule has 0 aromatic carbocycles. The van der Waals surface area contributed by atoms with E-state index in [1.807, 2.05) is 0 Å². The third-order valence-corrected chi connectivity index (χ3v) is 2.20. The van der Waals surface area contributed by atoms with Crippen molar-refractivity contribution in [1.29, 1.82) is 0 Å². The van der Waals surface area contributed by atoms with Gasteiger partial charge in [-0.3, -0.25) is 4.79 Å². The molecule has 1 aromatic heterocycles. The first-order valence-corrected chi connectivity index (χ1v) is 5.61. The largest absolute Gasteiger partial charge is 0.383 e. The molecule has 0 bridgehead atoms. The van der Waals surface area contributed by atoms with E-state index >= 15 is 0 Å². The van der Waals surface area contributed by atoms with E-state index in [0.29, 0.717) is 25.4 Å².